The molecule has 136 valence electrons. The molecule has 0 bridgehead atoms. The quantitative estimate of drug-likeness (QED) is 0.768. The first-order valence-corrected chi connectivity index (χ1v) is 8.93. The van der Waals surface area contributed by atoms with E-state index in [9.17, 15) is 9.18 Å². The topological polar surface area (TPSA) is 45.2 Å². The van der Waals surface area contributed by atoms with Crippen molar-refractivity contribution in [3.05, 3.63) is 83.9 Å². The monoisotopic (exact) mass is 361 g/mol. The van der Waals surface area contributed by atoms with Crippen LogP contribution >= 0.6 is 0 Å². The molecule has 0 radical (unpaired) electrons. The second kappa shape index (κ2) is 7.19. The van der Waals surface area contributed by atoms with E-state index in [1.807, 2.05) is 43.3 Å². The van der Waals surface area contributed by atoms with Crippen LogP contribution in [-0.4, -0.2) is 30.0 Å². The molecule has 0 unspecified atom stereocenters. The Hall–Kier alpha value is -3.21. The molecule has 4 rings (SSSR count). The molecule has 0 saturated carbocycles. The van der Waals surface area contributed by atoms with Gasteiger partial charge in [-0.1, -0.05) is 30.3 Å². The number of hydrogen-bond donors (Lipinski definition) is 1. The van der Waals surface area contributed by atoms with Crippen molar-refractivity contribution in [3.63, 3.8) is 0 Å². The summed E-state index contributed by atoms with van der Waals surface area (Å²) in [5, 5.41) is 3.03. The summed E-state index contributed by atoms with van der Waals surface area (Å²) < 4.78 is 13.9. The molecule has 3 aromatic rings. The van der Waals surface area contributed by atoms with Crippen LogP contribution in [0.4, 0.5) is 10.1 Å². The molecule has 0 spiro atoms. The smallest absolute Gasteiger partial charge is 0.253 e. The van der Waals surface area contributed by atoms with Crippen LogP contribution in [0.15, 0.2) is 66.9 Å². The summed E-state index contributed by atoms with van der Waals surface area (Å²) in [6.07, 6.45) is 1.60. The molecule has 5 heteroatoms. The van der Waals surface area contributed by atoms with Crippen molar-refractivity contribution in [2.75, 3.05) is 18.0 Å². The lowest BCUT2D eigenvalue weighted by Crippen LogP contribution is -2.59. The van der Waals surface area contributed by atoms with E-state index in [0.717, 1.165) is 30.0 Å². The van der Waals surface area contributed by atoms with Crippen LogP contribution in [0.25, 0.3) is 11.1 Å². The summed E-state index contributed by atoms with van der Waals surface area (Å²) in [4.78, 5) is 18.6. The van der Waals surface area contributed by atoms with E-state index in [1.165, 1.54) is 6.07 Å². The molecule has 2 heterocycles. The fourth-order valence-electron chi connectivity index (χ4n) is 3.20. The number of amides is 1. The lowest BCUT2D eigenvalue weighted by Gasteiger charge is -2.41. The number of anilines is 1. The number of rotatable bonds is 4. The Balaban J connectivity index is 1.35. The maximum Gasteiger partial charge on any atom is 0.253 e. The number of hydrogen-bond acceptors (Lipinski definition) is 3. The Kier molecular flexibility index (Phi) is 4.59. The first kappa shape index (κ1) is 17.2. The molecule has 4 nitrogen and oxygen atoms in total. The van der Waals surface area contributed by atoms with Crippen LogP contribution in [0, 0.1) is 12.7 Å². The molecule has 1 aliphatic rings. The second-order valence-corrected chi connectivity index (χ2v) is 6.79. The van der Waals surface area contributed by atoms with E-state index in [1.54, 1.807) is 24.4 Å². The molecule has 1 aliphatic heterocycles. The average molecular weight is 361 g/mol. The summed E-state index contributed by atoms with van der Waals surface area (Å²) in [7, 11) is 0. The number of halogens is 1. The van der Waals surface area contributed by atoms with Crippen molar-refractivity contribution in [2.45, 2.75) is 13.0 Å². The van der Waals surface area contributed by atoms with Crippen LogP contribution in [0.3, 0.4) is 0 Å². The number of nitrogens with one attached hydrogen (secondary N) is 1. The van der Waals surface area contributed by atoms with Gasteiger partial charge in [-0.15, -0.1) is 0 Å². The molecule has 1 N–H and O–H groups in total. The average Bonchev–Trinajstić information content (AvgIpc) is 2.65. The Morgan fingerprint density at radius 3 is 2.48 bits per heavy atom. The summed E-state index contributed by atoms with van der Waals surface area (Å²) in [6, 6.07) is 18.3. The third kappa shape index (κ3) is 3.67. The van der Waals surface area contributed by atoms with E-state index in [-0.39, 0.29) is 17.8 Å². The number of aryl methyl sites for hydroxylation is 1. The Morgan fingerprint density at radius 2 is 1.81 bits per heavy atom. The number of carbonyl (C=O) groups excluding carboxylic acids is 1. The minimum Gasteiger partial charge on any atom is -0.367 e. The zero-order valence-corrected chi connectivity index (χ0v) is 15.0. The molecule has 0 aliphatic carbocycles. The van der Waals surface area contributed by atoms with Crippen LogP contribution in [0.5, 0.6) is 0 Å². The molecule has 1 fully saturated rings. The van der Waals surface area contributed by atoms with Gasteiger partial charge >= 0.3 is 0 Å². The van der Waals surface area contributed by atoms with Crippen LogP contribution < -0.4 is 10.2 Å². The molecule has 0 atom stereocenters. The highest BCUT2D eigenvalue weighted by Crippen LogP contribution is 2.27. The summed E-state index contributed by atoms with van der Waals surface area (Å²) in [6.45, 7) is 3.40. The third-order valence-electron chi connectivity index (χ3n) is 4.81. The van der Waals surface area contributed by atoms with Crippen molar-refractivity contribution < 1.29 is 9.18 Å². The zero-order valence-electron chi connectivity index (χ0n) is 15.0. The second-order valence-electron chi connectivity index (χ2n) is 6.79. The normalized spacial score (nSPS) is 13.9. The highest BCUT2D eigenvalue weighted by Gasteiger charge is 2.28. The predicted molar refractivity (Wildman–Crippen MR) is 104 cm³/mol. The lowest BCUT2D eigenvalue weighted by molar-refractivity contribution is 0.0930. The summed E-state index contributed by atoms with van der Waals surface area (Å²) >= 11 is 0. The van der Waals surface area contributed by atoms with E-state index >= 15 is 0 Å². The molecular formula is C22H20FN3O. The highest BCUT2D eigenvalue weighted by atomic mass is 19.1. The molecule has 2 aromatic carbocycles. The number of aromatic nitrogens is 1. The SMILES string of the molecule is Cc1ccc(C(=O)NC2CN(c3ccc(-c4ccccc4F)cc3)C2)cn1. The predicted octanol–water partition coefficient (Wildman–Crippen LogP) is 3.81. The van der Waals surface area contributed by atoms with Crippen LogP contribution in [-0.2, 0) is 0 Å². The van der Waals surface area contributed by atoms with Crippen molar-refractivity contribution in [2.24, 2.45) is 0 Å². The number of benzene rings is 2. The molecular weight excluding hydrogens is 341 g/mol. The molecule has 1 aromatic heterocycles. The number of nitrogens with zero attached hydrogens (tertiary/aromatic N) is 2. The maximum absolute atomic E-state index is 13.9. The fourth-order valence-corrected chi connectivity index (χ4v) is 3.20. The van der Waals surface area contributed by atoms with E-state index in [4.69, 9.17) is 0 Å². The van der Waals surface area contributed by atoms with Gasteiger partial charge < -0.3 is 10.2 Å². The van der Waals surface area contributed by atoms with Crippen molar-refractivity contribution in [1.82, 2.24) is 10.3 Å². The largest absolute Gasteiger partial charge is 0.367 e. The third-order valence-corrected chi connectivity index (χ3v) is 4.81. The molecule has 1 saturated heterocycles. The fraction of sp³-hybridized carbons (Fsp3) is 0.182. The van der Waals surface area contributed by atoms with Gasteiger partial charge in [-0.2, -0.15) is 0 Å². The van der Waals surface area contributed by atoms with Crippen molar-refractivity contribution in [3.8, 4) is 11.1 Å². The minimum absolute atomic E-state index is 0.0953. The summed E-state index contributed by atoms with van der Waals surface area (Å²) in [5.41, 5.74) is 3.99. The molecule has 27 heavy (non-hydrogen) atoms. The number of carbonyl (C=O) groups is 1. The van der Waals surface area contributed by atoms with Gasteiger partial charge in [0.1, 0.15) is 5.82 Å². The van der Waals surface area contributed by atoms with Gasteiger partial charge in [-0.05, 0) is 42.8 Å². The van der Waals surface area contributed by atoms with Crippen molar-refractivity contribution in [1.29, 1.82) is 0 Å². The Bertz CT molecular complexity index is 948. The van der Waals surface area contributed by atoms with Crippen molar-refractivity contribution >= 4 is 11.6 Å². The Morgan fingerprint density at radius 1 is 1.07 bits per heavy atom. The van der Waals surface area contributed by atoms with E-state index in [0.29, 0.717) is 11.1 Å². The lowest BCUT2D eigenvalue weighted by atomic mass is 10.0. The van der Waals surface area contributed by atoms with Gasteiger partial charge in [0.25, 0.3) is 5.91 Å². The van der Waals surface area contributed by atoms with Crippen LogP contribution in [0.1, 0.15) is 16.1 Å². The van der Waals surface area contributed by atoms with Gasteiger partial charge in [-0.3, -0.25) is 9.78 Å². The van der Waals surface area contributed by atoms with Gasteiger partial charge in [0.2, 0.25) is 0 Å². The minimum atomic E-state index is -0.220. The number of pyridine rings is 1. The maximum atomic E-state index is 13.9. The Labute approximate surface area is 157 Å². The van der Waals surface area contributed by atoms with E-state index < -0.39 is 0 Å². The standard InChI is InChI=1S/C22H20FN3O/c1-15-6-7-17(12-24-15)22(27)25-18-13-26(14-18)19-10-8-16(9-11-19)20-4-2-3-5-21(20)23/h2-12,18H,13-14H2,1H3,(H,25,27). The van der Waals surface area contributed by atoms with Gasteiger partial charge in [0.15, 0.2) is 0 Å². The van der Waals surface area contributed by atoms with Gasteiger partial charge in [0.05, 0.1) is 11.6 Å². The van der Waals surface area contributed by atoms with Gasteiger partial charge in [0, 0.05) is 36.2 Å². The van der Waals surface area contributed by atoms with E-state index in [2.05, 4.69) is 15.2 Å². The van der Waals surface area contributed by atoms with Gasteiger partial charge in [-0.25, -0.2) is 4.39 Å². The molecule has 1 amide bonds. The highest BCUT2D eigenvalue weighted by molar-refractivity contribution is 5.94. The summed E-state index contributed by atoms with van der Waals surface area (Å²) in [5.74, 6) is -0.315. The first-order valence-electron chi connectivity index (χ1n) is 8.93. The first-order chi connectivity index (χ1) is 13.1. The zero-order chi connectivity index (χ0) is 18.8. The van der Waals surface area contributed by atoms with Crippen LogP contribution in [0.2, 0.25) is 0 Å².